The summed E-state index contributed by atoms with van der Waals surface area (Å²) < 4.78 is 37.5. The van der Waals surface area contributed by atoms with Crippen molar-refractivity contribution in [3.63, 3.8) is 0 Å². The quantitative estimate of drug-likeness (QED) is 0.628. The van der Waals surface area contributed by atoms with Crippen LogP contribution in [0.15, 0.2) is 48.5 Å². The SMILES string of the molecule is CCCCCc1ccc(Nc2ccc(C(F)(F)F)cc2)cc1. The van der Waals surface area contributed by atoms with Crippen LogP contribution in [0.5, 0.6) is 0 Å². The Kier molecular flexibility index (Phi) is 5.47. The highest BCUT2D eigenvalue weighted by Crippen LogP contribution is 2.30. The molecule has 1 nitrogen and oxygen atoms in total. The Morgan fingerprint density at radius 1 is 0.818 bits per heavy atom. The molecule has 0 aliphatic rings. The summed E-state index contributed by atoms with van der Waals surface area (Å²) >= 11 is 0. The summed E-state index contributed by atoms with van der Waals surface area (Å²) in [6.07, 6.45) is 0.383. The molecule has 0 aliphatic heterocycles. The zero-order valence-corrected chi connectivity index (χ0v) is 12.6. The Morgan fingerprint density at radius 2 is 1.36 bits per heavy atom. The summed E-state index contributed by atoms with van der Waals surface area (Å²) in [6, 6.07) is 13.1. The van der Waals surface area contributed by atoms with Gasteiger partial charge >= 0.3 is 6.18 Å². The number of anilines is 2. The van der Waals surface area contributed by atoms with E-state index < -0.39 is 11.7 Å². The Hall–Kier alpha value is -1.97. The fourth-order valence-electron chi connectivity index (χ4n) is 2.24. The molecule has 0 spiro atoms. The molecule has 0 saturated carbocycles. The Labute approximate surface area is 129 Å². The highest BCUT2D eigenvalue weighted by molar-refractivity contribution is 5.60. The maximum Gasteiger partial charge on any atom is 0.416 e. The number of nitrogens with one attached hydrogen (secondary N) is 1. The molecule has 0 atom stereocenters. The first kappa shape index (κ1) is 16.4. The highest BCUT2D eigenvalue weighted by Gasteiger charge is 2.29. The van der Waals surface area contributed by atoms with Crippen molar-refractivity contribution < 1.29 is 13.2 Å². The molecule has 0 aliphatic carbocycles. The van der Waals surface area contributed by atoms with E-state index >= 15 is 0 Å². The van der Waals surface area contributed by atoms with Gasteiger partial charge in [-0.3, -0.25) is 0 Å². The van der Waals surface area contributed by atoms with Gasteiger partial charge in [-0.2, -0.15) is 13.2 Å². The van der Waals surface area contributed by atoms with Gasteiger partial charge in [-0.15, -0.1) is 0 Å². The Balaban J connectivity index is 1.96. The van der Waals surface area contributed by atoms with Gasteiger partial charge in [0.05, 0.1) is 5.56 Å². The van der Waals surface area contributed by atoms with Crippen LogP contribution < -0.4 is 5.32 Å². The monoisotopic (exact) mass is 307 g/mol. The predicted octanol–water partition coefficient (Wildman–Crippen LogP) is 6.18. The van der Waals surface area contributed by atoms with Crippen molar-refractivity contribution in [2.24, 2.45) is 0 Å². The number of aryl methyl sites for hydroxylation is 1. The number of alkyl halides is 3. The summed E-state index contributed by atoms with van der Waals surface area (Å²) in [6.45, 7) is 2.18. The van der Waals surface area contributed by atoms with Crippen molar-refractivity contribution in [2.75, 3.05) is 5.32 Å². The van der Waals surface area contributed by atoms with Crippen LogP contribution in [-0.4, -0.2) is 0 Å². The van der Waals surface area contributed by atoms with E-state index in [1.54, 1.807) is 0 Å². The molecule has 0 unspecified atom stereocenters. The zero-order valence-electron chi connectivity index (χ0n) is 12.6. The van der Waals surface area contributed by atoms with E-state index in [4.69, 9.17) is 0 Å². The van der Waals surface area contributed by atoms with E-state index in [-0.39, 0.29) is 0 Å². The van der Waals surface area contributed by atoms with Crippen LogP contribution in [0.1, 0.15) is 37.3 Å². The second-order valence-corrected chi connectivity index (χ2v) is 5.35. The number of benzene rings is 2. The highest BCUT2D eigenvalue weighted by atomic mass is 19.4. The van der Waals surface area contributed by atoms with Gasteiger partial charge in [-0.05, 0) is 54.8 Å². The van der Waals surface area contributed by atoms with Crippen LogP contribution in [0, 0.1) is 0 Å². The minimum atomic E-state index is -4.29. The Bertz CT molecular complexity index is 571. The van der Waals surface area contributed by atoms with Gasteiger partial charge in [-0.25, -0.2) is 0 Å². The lowest BCUT2D eigenvalue weighted by atomic mass is 10.1. The van der Waals surface area contributed by atoms with Gasteiger partial charge < -0.3 is 5.32 Å². The molecule has 2 rings (SSSR count). The molecule has 0 heterocycles. The first-order valence-corrected chi connectivity index (χ1v) is 7.52. The predicted molar refractivity (Wildman–Crippen MR) is 84.4 cm³/mol. The van der Waals surface area contributed by atoms with Crippen LogP contribution in [0.25, 0.3) is 0 Å². The lowest BCUT2D eigenvalue weighted by Gasteiger charge is -2.10. The molecule has 4 heteroatoms. The fourth-order valence-corrected chi connectivity index (χ4v) is 2.24. The largest absolute Gasteiger partial charge is 0.416 e. The first-order valence-electron chi connectivity index (χ1n) is 7.52. The topological polar surface area (TPSA) is 12.0 Å². The van der Waals surface area contributed by atoms with E-state index in [1.807, 2.05) is 12.1 Å². The lowest BCUT2D eigenvalue weighted by molar-refractivity contribution is -0.137. The van der Waals surface area contributed by atoms with Crippen molar-refractivity contribution in [3.05, 3.63) is 59.7 Å². The maximum atomic E-state index is 12.5. The van der Waals surface area contributed by atoms with Gasteiger partial charge in [0.1, 0.15) is 0 Å². The summed E-state index contributed by atoms with van der Waals surface area (Å²) in [5.41, 5.74) is 2.17. The van der Waals surface area contributed by atoms with E-state index in [9.17, 15) is 13.2 Å². The molecule has 0 radical (unpaired) electrons. The van der Waals surface area contributed by atoms with Crippen molar-refractivity contribution in [1.29, 1.82) is 0 Å². The van der Waals surface area contributed by atoms with Crippen molar-refractivity contribution >= 4 is 11.4 Å². The van der Waals surface area contributed by atoms with Crippen LogP contribution in [0.3, 0.4) is 0 Å². The second kappa shape index (κ2) is 7.34. The van der Waals surface area contributed by atoms with Crippen molar-refractivity contribution in [1.82, 2.24) is 0 Å². The third-order valence-electron chi connectivity index (χ3n) is 3.52. The summed E-state index contributed by atoms with van der Waals surface area (Å²) in [5.74, 6) is 0. The van der Waals surface area contributed by atoms with Crippen LogP contribution in [0.4, 0.5) is 24.5 Å². The molecule has 2 aromatic carbocycles. The molecule has 22 heavy (non-hydrogen) atoms. The summed E-state index contributed by atoms with van der Waals surface area (Å²) in [5, 5.41) is 3.11. The number of hydrogen-bond donors (Lipinski definition) is 1. The maximum absolute atomic E-state index is 12.5. The fraction of sp³-hybridized carbons (Fsp3) is 0.333. The van der Waals surface area contributed by atoms with E-state index in [2.05, 4.69) is 24.4 Å². The third-order valence-corrected chi connectivity index (χ3v) is 3.52. The molecule has 0 bridgehead atoms. The first-order chi connectivity index (χ1) is 10.5. The van der Waals surface area contributed by atoms with Gasteiger partial charge in [0, 0.05) is 11.4 Å². The molecule has 118 valence electrons. The zero-order chi connectivity index (χ0) is 16.0. The molecule has 0 aromatic heterocycles. The average molecular weight is 307 g/mol. The van der Waals surface area contributed by atoms with Gasteiger partial charge in [0.2, 0.25) is 0 Å². The smallest absolute Gasteiger partial charge is 0.356 e. The average Bonchev–Trinajstić information content (AvgIpc) is 2.49. The van der Waals surface area contributed by atoms with E-state index in [0.717, 1.165) is 24.2 Å². The van der Waals surface area contributed by atoms with Crippen molar-refractivity contribution in [2.45, 2.75) is 38.8 Å². The van der Waals surface area contributed by atoms with Crippen LogP contribution in [0.2, 0.25) is 0 Å². The summed E-state index contributed by atoms with van der Waals surface area (Å²) in [4.78, 5) is 0. The molecular weight excluding hydrogens is 287 g/mol. The minimum Gasteiger partial charge on any atom is -0.356 e. The minimum absolute atomic E-state index is 0.635. The number of hydrogen-bond acceptors (Lipinski definition) is 1. The van der Waals surface area contributed by atoms with Crippen LogP contribution in [-0.2, 0) is 12.6 Å². The molecule has 0 saturated heterocycles. The third kappa shape index (κ3) is 4.79. The number of rotatable bonds is 6. The molecule has 1 N–H and O–H groups in total. The molecule has 0 fully saturated rings. The standard InChI is InChI=1S/C18H20F3N/c1-2-3-4-5-14-6-10-16(11-7-14)22-17-12-8-15(9-13-17)18(19,20)21/h6-13,22H,2-5H2,1H3. The number of halogens is 3. The Morgan fingerprint density at radius 3 is 1.86 bits per heavy atom. The summed E-state index contributed by atoms with van der Waals surface area (Å²) in [7, 11) is 0. The second-order valence-electron chi connectivity index (χ2n) is 5.35. The van der Waals surface area contributed by atoms with E-state index in [0.29, 0.717) is 5.69 Å². The van der Waals surface area contributed by atoms with Gasteiger partial charge in [-0.1, -0.05) is 31.9 Å². The van der Waals surface area contributed by atoms with E-state index in [1.165, 1.54) is 37.0 Å². The molecule has 2 aromatic rings. The van der Waals surface area contributed by atoms with Crippen LogP contribution >= 0.6 is 0 Å². The number of unbranched alkanes of at least 4 members (excludes halogenated alkanes) is 2. The van der Waals surface area contributed by atoms with Crippen molar-refractivity contribution in [3.8, 4) is 0 Å². The van der Waals surface area contributed by atoms with Gasteiger partial charge in [0.15, 0.2) is 0 Å². The molecule has 0 amide bonds. The lowest BCUT2D eigenvalue weighted by Crippen LogP contribution is -2.04. The molecular formula is C18H20F3N. The normalized spacial score (nSPS) is 11.5. The van der Waals surface area contributed by atoms with Gasteiger partial charge in [0.25, 0.3) is 0 Å².